The predicted molar refractivity (Wildman–Crippen MR) is 264 cm³/mol. The quantitative estimate of drug-likeness (QED) is 0.0651. The van der Waals surface area contributed by atoms with Gasteiger partial charge in [0.15, 0.2) is 0 Å². The fraction of sp³-hybridized carbons (Fsp3) is 0.483. The van der Waals surface area contributed by atoms with E-state index in [2.05, 4.69) is 150 Å². The van der Waals surface area contributed by atoms with E-state index in [1.54, 1.807) is 34.5 Å². The molecule has 0 radical (unpaired) electrons. The van der Waals surface area contributed by atoms with Crippen LogP contribution in [-0.4, -0.2) is 5.43 Å². The first-order valence-corrected chi connectivity index (χ1v) is 30.4. The molecule has 6 aromatic carbocycles. The van der Waals surface area contributed by atoms with Crippen molar-refractivity contribution < 1.29 is 48.1 Å². The molecule has 6 aromatic rings. The number of fused-ring (bicyclic) bond motifs is 2. The van der Waals surface area contributed by atoms with Gasteiger partial charge in [0.05, 0.1) is 0 Å². The molecule has 0 saturated heterocycles. The van der Waals surface area contributed by atoms with E-state index in [9.17, 15) is 0 Å². The van der Waals surface area contributed by atoms with Gasteiger partial charge >= 0.3 is 41.9 Å². The molecule has 0 atom stereocenters. The van der Waals surface area contributed by atoms with Crippen molar-refractivity contribution in [1.29, 1.82) is 0 Å². The van der Waals surface area contributed by atoms with Gasteiger partial charge in [-0.1, -0.05) is 164 Å². The summed E-state index contributed by atoms with van der Waals surface area (Å²) < 4.78 is 0. The fourth-order valence-electron chi connectivity index (χ4n) is 11.1. The van der Waals surface area contributed by atoms with E-state index in [1.807, 2.05) is 0 Å². The Morgan fingerprint density at radius 1 is 0.500 bits per heavy atom. The second kappa shape index (κ2) is 26.1. The molecule has 0 spiro atoms. The first kappa shape index (κ1) is 52.4. The molecule has 0 heterocycles. The van der Waals surface area contributed by atoms with Crippen molar-refractivity contribution in [3.63, 3.8) is 0 Å². The maximum absolute atomic E-state index is 2.50. The molecule has 0 nitrogen and oxygen atoms in total. The van der Waals surface area contributed by atoms with E-state index in [1.165, 1.54) is 171 Å². The van der Waals surface area contributed by atoms with Gasteiger partial charge in [-0.15, -0.1) is 69.1 Å². The predicted octanol–water partition coefficient (Wildman–Crippen LogP) is 11.7. The van der Waals surface area contributed by atoms with Crippen molar-refractivity contribution in [3.05, 3.63) is 131 Å². The van der Waals surface area contributed by atoms with Gasteiger partial charge in [-0.05, 0) is 97.3 Å². The topological polar surface area (TPSA) is 0 Å². The Bertz CT molecular complexity index is 2050. The second-order valence-electron chi connectivity index (χ2n) is 19.1. The summed E-state index contributed by atoms with van der Waals surface area (Å²) in [5.41, 5.74) is 12.7. The summed E-state index contributed by atoms with van der Waals surface area (Å²) in [6.07, 6.45) is 27.3. The van der Waals surface area contributed by atoms with Crippen LogP contribution in [0.25, 0.3) is 43.8 Å². The summed E-state index contributed by atoms with van der Waals surface area (Å²) in [4.78, 5) is 0. The van der Waals surface area contributed by atoms with Gasteiger partial charge < -0.3 is 24.8 Å². The zero-order valence-corrected chi connectivity index (χ0v) is 44.3. The first-order chi connectivity index (χ1) is 29.2. The summed E-state index contributed by atoms with van der Waals surface area (Å²) in [5, 5.41) is 5.68. The average Bonchev–Trinajstić information content (AvgIpc) is 3.69. The molecule has 2 aliphatic rings. The van der Waals surface area contributed by atoms with E-state index in [0.717, 1.165) is 12.8 Å². The Morgan fingerprint density at radius 2 is 0.839 bits per heavy atom. The number of halogens is 2. The number of rotatable bonds is 12. The first-order valence-electron chi connectivity index (χ1n) is 24.3. The van der Waals surface area contributed by atoms with Crippen LogP contribution in [0.2, 0.25) is 13.1 Å². The molecule has 0 aliphatic heterocycles. The monoisotopic (exact) mass is 960 g/mol. The molecule has 332 valence electrons. The normalized spacial score (nSPS) is 15.7. The molecule has 2 saturated carbocycles. The van der Waals surface area contributed by atoms with Crippen molar-refractivity contribution in [3.8, 4) is 22.3 Å². The standard InChI is InChI=1S/2C28H35.C2H6Si.2ClH.Zr/c2*1-3-16-28(17-7-5-6-8-18-28)21-23-19-25-10-9-11-26(27(25)20-23)24-14-12-22(4-2)13-15-24;1-3-2;;;/h2*9-15,19-20H,3-8,16-18,21H2,1-2H3;1-2H3;2*1H;/q2*-1;;;;+2/p-2. The minimum Gasteiger partial charge on any atom is -1.00 e. The van der Waals surface area contributed by atoms with Gasteiger partial charge in [0.25, 0.3) is 0 Å². The molecular weight excluding hydrogens is 887 g/mol. The van der Waals surface area contributed by atoms with Crippen molar-refractivity contribution in [2.24, 2.45) is 10.8 Å². The third kappa shape index (κ3) is 14.4. The minimum atomic E-state index is 0. The van der Waals surface area contributed by atoms with Crippen LogP contribution >= 0.6 is 0 Å². The number of benzene rings is 4. The van der Waals surface area contributed by atoms with Gasteiger partial charge in [0.2, 0.25) is 0 Å². The van der Waals surface area contributed by atoms with Crippen LogP contribution in [0.4, 0.5) is 0 Å². The smallest absolute Gasteiger partial charge is 1.00 e. The Kier molecular flexibility index (Phi) is 22.0. The van der Waals surface area contributed by atoms with Crippen LogP contribution in [-0.2, 0) is 49.0 Å². The van der Waals surface area contributed by atoms with E-state index in [-0.39, 0.29) is 30.2 Å². The van der Waals surface area contributed by atoms with Gasteiger partial charge in [-0.3, -0.25) is 0 Å². The van der Waals surface area contributed by atoms with Crippen LogP contribution in [0, 0.1) is 10.8 Å². The average molecular weight is 963 g/mol. The van der Waals surface area contributed by atoms with Crippen LogP contribution in [0.1, 0.15) is 153 Å². The van der Waals surface area contributed by atoms with Gasteiger partial charge in [0, 0.05) is 0 Å². The van der Waals surface area contributed by atoms with Crippen LogP contribution < -0.4 is 24.8 Å². The Balaban J connectivity index is 0.000000244. The maximum Gasteiger partial charge on any atom is -1.00 e. The third-order valence-corrected chi connectivity index (χ3v) is 14.0. The second-order valence-corrected chi connectivity index (χ2v) is 28.5. The molecule has 4 heteroatoms. The molecule has 8 rings (SSSR count). The molecule has 0 amide bonds. The van der Waals surface area contributed by atoms with Gasteiger partial charge in [0.1, 0.15) is 0 Å². The Morgan fingerprint density at radius 3 is 1.15 bits per heavy atom. The largest absolute Gasteiger partial charge is 1.00 e. The third-order valence-electron chi connectivity index (χ3n) is 14.0. The molecule has 62 heavy (non-hydrogen) atoms. The summed E-state index contributed by atoms with van der Waals surface area (Å²) in [6, 6.07) is 41.9. The van der Waals surface area contributed by atoms with Crippen LogP contribution in [0.15, 0.2) is 109 Å². The van der Waals surface area contributed by atoms with Crippen LogP contribution in [0.3, 0.4) is 0 Å². The Labute approximate surface area is 405 Å². The summed E-state index contributed by atoms with van der Waals surface area (Å²) >= 11 is 1.74. The number of hydrogen-bond donors (Lipinski definition) is 0. The molecule has 2 aliphatic carbocycles. The zero-order chi connectivity index (χ0) is 42.4. The summed E-state index contributed by atoms with van der Waals surface area (Å²) in [5.74, 6) is 0. The molecule has 0 bridgehead atoms. The number of hydrogen-bond acceptors (Lipinski definition) is 0. The minimum absolute atomic E-state index is 0. The van der Waals surface area contributed by atoms with Gasteiger partial charge in [-0.25, -0.2) is 0 Å². The van der Waals surface area contributed by atoms with Crippen molar-refractivity contribution in [1.82, 2.24) is 0 Å². The van der Waals surface area contributed by atoms with Gasteiger partial charge in [-0.2, -0.15) is 12.1 Å². The summed E-state index contributed by atoms with van der Waals surface area (Å²) in [7, 11) is 0. The van der Waals surface area contributed by atoms with Crippen molar-refractivity contribution in [2.45, 2.75) is 169 Å². The SMILES string of the molecule is CCCC1(Cc2cc3c(-c4ccc(CC)cc4)cccc3[cH-]2)CCCCCC1.CCCC1(Cc2cc3c(-c4ccc(CC)cc4)cccc3[cH-]2)CCCCCC1.C[Si](C)=[Zr+2].[Cl-].[Cl-]. The molecule has 0 N–H and O–H groups in total. The van der Waals surface area contributed by atoms with Crippen LogP contribution in [0.5, 0.6) is 0 Å². The number of aryl methyl sites for hydroxylation is 2. The van der Waals surface area contributed by atoms with E-state index < -0.39 is 0 Å². The maximum atomic E-state index is 2.50. The van der Waals surface area contributed by atoms with Crippen molar-refractivity contribution in [2.75, 3.05) is 0 Å². The van der Waals surface area contributed by atoms with E-state index >= 15 is 0 Å². The van der Waals surface area contributed by atoms with Crippen molar-refractivity contribution >= 4 is 27.0 Å². The fourth-order valence-corrected chi connectivity index (χ4v) is 11.1. The molecule has 0 aromatic heterocycles. The molecule has 2 fully saturated rings. The Hall–Kier alpha value is -2.22. The molecular formula is C58H76Cl2SiZr-2. The van der Waals surface area contributed by atoms with E-state index in [0.29, 0.717) is 10.8 Å². The summed E-state index contributed by atoms with van der Waals surface area (Å²) in [6.45, 7) is 13.8. The zero-order valence-electron chi connectivity index (χ0n) is 39.3. The van der Waals surface area contributed by atoms with E-state index in [4.69, 9.17) is 0 Å². The molecule has 0 unspecified atom stereocenters.